The second-order valence-electron chi connectivity index (χ2n) is 2.32. The van der Waals surface area contributed by atoms with Crippen molar-refractivity contribution >= 4 is 11.6 Å². The van der Waals surface area contributed by atoms with E-state index in [4.69, 9.17) is 0 Å². The Morgan fingerprint density at radius 3 is 2.46 bits per heavy atom. The van der Waals surface area contributed by atoms with E-state index in [9.17, 15) is 4.79 Å². The first-order valence-corrected chi connectivity index (χ1v) is 3.88. The van der Waals surface area contributed by atoms with Crippen molar-refractivity contribution in [2.24, 2.45) is 4.99 Å². The molecular formula is C10H14N2O. The van der Waals surface area contributed by atoms with E-state index in [1.165, 1.54) is 6.08 Å². The number of nitrogens with one attached hydrogen (secondary N) is 1. The monoisotopic (exact) mass is 178 g/mol. The number of hydrogen-bond donors (Lipinski definition) is 1. The Bertz CT molecular complexity index is 275. The summed E-state index contributed by atoms with van der Waals surface area (Å²) in [5.74, 6) is -0.235. The number of hydrogen-bond acceptors (Lipinski definition) is 2. The molecule has 1 amide bonds. The van der Waals surface area contributed by atoms with E-state index in [2.05, 4.69) is 23.5 Å². The highest BCUT2D eigenvalue weighted by atomic mass is 16.1. The van der Waals surface area contributed by atoms with Crippen molar-refractivity contribution in [1.29, 1.82) is 0 Å². The maximum absolute atomic E-state index is 11.2. The summed E-state index contributed by atoms with van der Waals surface area (Å²) in [5.41, 5.74) is 1.02. The van der Waals surface area contributed by atoms with Crippen LogP contribution in [-0.4, -0.2) is 18.7 Å². The van der Waals surface area contributed by atoms with Crippen LogP contribution >= 0.6 is 0 Å². The van der Waals surface area contributed by atoms with Gasteiger partial charge in [0.1, 0.15) is 5.70 Å². The van der Waals surface area contributed by atoms with Crippen molar-refractivity contribution in [3.63, 3.8) is 0 Å². The molecule has 0 unspecified atom stereocenters. The third-order valence-corrected chi connectivity index (χ3v) is 1.33. The lowest BCUT2D eigenvalue weighted by atomic mass is 10.3. The van der Waals surface area contributed by atoms with Crippen LogP contribution in [0.3, 0.4) is 0 Å². The van der Waals surface area contributed by atoms with Crippen molar-refractivity contribution < 1.29 is 4.79 Å². The molecule has 0 aliphatic carbocycles. The molecule has 0 rings (SSSR count). The first-order chi connectivity index (χ1) is 6.15. The van der Waals surface area contributed by atoms with E-state index >= 15 is 0 Å². The lowest BCUT2D eigenvalue weighted by Crippen LogP contribution is -2.19. The number of aliphatic imine (C=N–C) groups is 1. The summed E-state index contributed by atoms with van der Waals surface area (Å²) < 4.78 is 0. The number of carbonyl (C=O) groups excluding carboxylic acids is 1. The first kappa shape index (κ1) is 11.4. The molecule has 0 aromatic rings. The molecule has 0 spiro atoms. The van der Waals surface area contributed by atoms with Crippen LogP contribution in [0.5, 0.6) is 0 Å². The van der Waals surface area contributed by atoms with Gasteiger partial charge in [0, 0.05) is 12.8 Å². The maximum atomic E-state index is 11.2. The van der Waals surface area contributed by atoms with Crippen LogP contribution in [0.15, 0.2) is 42.1 Å². The largest absolute Gasteiger partial charge is 0.354 e. The molecule has 0 aliphatic heterocycles. The van der Waals surface area contributed by atoms with Gasteiger partial charge in [-0.15, -0.1) is 0 Å². The normalized spacial score (nSPS) is 12.2. The van der Waals surface area contributed by atoms with Gasteiger partial charge in [-0.2, -0.15) is 0 Å². The third kappa shape index (κ3) is 4.06. The Balaban J connectivity index is 4.83. The van der Waals surface area contributed by atoms with Crippen molar-refractivity contribution in [2.45, 2.75) is 6.92 Å². The average molecular weight is 178 g/mol. The van der Waals surface area contributed by atoms with Crippen LogP contribution in [0.25, 0.3) is 0 Å². The van der Waals surface area contributed by atoms with Crippen LogP contribution in [0.1, 0.15) is 6.92 Å². The second-order valence-corrected chi connectivity index (χ2v) is 2.32. The Morgan fingerprint density at radius 2 is 2.08 bits per heavy atom. The molecule has 0 bridgehead atoms. The Labute approximate surface area is 78.6 Å². The van der Waals surface area contributed by atoms with Crippen molar-refractivity contribution in [3.05, 3.63) is 37.1 Å². The fourth-order valence-corrected chi connectivity index (χ4v) is 0.639. The second kappa shape index (κ2) is 5.94. The molecule has 0 aromatic carbocycles. The molecule has 1 N–H and O–H groups in total. The highest BCUT2D eigenvalue weighted by Crippen LogP contribution is 1.98. The molecule has 0 heterocycles. The number of amides is 1. The molecule has 0 saturated heterocycles. The molecule has 3 nitrogen and oxygen atoms in total. The Morgan fingerprint density at radius 1 is 1.46 bits per heavy atom. The molecule has 3 heteroatoms. The van der Waals surface area contributed by atoms with E-state index in [1.807, 2.05) is 0 Å². The third-order valence-electron chi connectivity index (χ3n) is 1.33. The molecular weight excluding hydrogens is 164 g/mol. The highest BCUT2D eigenvalue weighted by molar-refractivity contribution is 6.00. The smallest absolute Gasteiger partial charge is 0.269 e. The zero-order valence-corrected chi connectivity index (χ0v) is 8.00. The number of nitrogens with zero attached hydrogens (tertiary/aromatic N) is 1. The number of likely N-dealkylation sites (N-methyl/N-ethyl adjacent to an activating group) is 1. The summed E-state index contributed by atoms with van der Waals surface area (Å²) in [7, 11) is 1.55. The first-order valence-electron chi connectivity index (χ1n) is 3.88. The van der Waals surface area contributed by atoms with E-state index in [0.717, 1.165) is 0 Å². The van der Waals surface area contributed by atoms with Crippen molar-refractivity contribution in [2.75, 3.05) is 7.05 Å². The van der Waals surface area contributed by atoms with Gasteiger partial charge in [0.2, 0.25) is 0 Å². The van der Waals surface area contributed by atoms with E-state index < -0.39 is 0 Å². The van der Waals surface area contributed by atoms with Gasteiger partial charge in [0.25, 0.3) is 5.91 Å². The minimum atomic E-state index is -0.235. The SMILES string of the molecule is C=C/C=C(\N=C(C)C=C)C(=O)NC. The van der Waals surface area contributed by atoms with E-state index in [0.29, 0.717) is 11.4 Å². The van der Waals surface area contributed by atoms with Crippen LogP contribution in [0, 0.1) is 0 Å². The summed E-state index contributed by atoms with van der Waals surface area (Å²) in [6.07, 6.45) is 4.65. The number of allylic oxidation sites excluding steroid dienone is 3. The van der Waals surface area contributed by atoms with Gasteiger partial charge in [-0.05, 0) is 19.1 Å². The van der Waals surface area contributed by atoms with Crippen LogP contribution < -0.4 is 5.32 Å². The fourth-order valence-electron chi connectivity index (χ4n) is 0.639. The summed E-state index contributed by atoms with van der Waals surface area (Å²) in [6, 6.07) is 0. The van der Waals surface area contributed by atoms with Gasteiger partial charge in [-0.1, -0.05) is 19.2 Å². The standard InChI is InChI=1S/C10H14N2O/c1-5-7-9(10(13)11-4)12-8(3)6-2/h5-7H,1-2H2,3-4H3,(H,11,13)/b9-7-,12-8?. The lowest BCUT2D eigenvalue weighted by molar-refractivity contribution is -0.117. The molecule has 70 valence electrons. The summed E-state index contributed by atoms with van der Waals surface area (Å²) in [6.45, 7) is 8.81. The Kier molecular flexibility index (Phi) is 5.19. The predicted octanol–water partition coefficient (Wildman–Crippen LogP) is 1.45. The quantitative estimate of drug-likeness (QED) is 0.395. The van der Waals surface area contributed by atoms with Crippen LogP contribution in [-0.2, 0) is 4.79 Å². The number of carbonyl (C=O) groups is 1. The highest BCUT2D eigenvalue weighted by Gasteiger charge is 2.03. The van der Waals surface area contributed by atoms with Gasteiger partial charge in [-0.25, -0.2) is 4.99 Å². The average Bonchev–Trinajstić information content (AvgIpc) is 2.15. The van der Waals surface area contributed by atoms with Gasteiger partial charge >= 0.3 is 0 Å². The van der Waals surface area contributed by atoms with Gasteiger partial charge in [0.15, 0.2) is 0 Å². The summed E-state index contributed by atoms with van der Waals surface area (Å²) in [5, 5.41) is 2.48. The molecule has 0 radical (unpaired) electrons. The molecule has 0 aromatic heterocycles. The minimum Gasteiger partial charge on any atom is -0.354 e. The lowest BCUT2D eigenvalue weighted by Gasteiger charge is -1.99. The zero-order chi connectivity index (χ0) is 10.3. The summed E-state index contributed by atoms with van der Waals surface area (Å²) in [4.78, 5) is 15.2. The maximum Gasteiger partial charge on any atom is 0.269 e. The molecule has 0 saturated carbocycles. The van der Waals surface area contributed by atoms with Crippen LogP contribution in [0.4, 0.5) is 0 Å². The van der Waals surface area contributed by atoms with E-state index in [1.54, 1.807) is 26.1 Å². The summed E-state index contributed by atoms with van der Waals surface area (Å²) >= 11 is 0. The van der Waals surface area contributed by atoms with Gasteiger partial charge in [-0.3, -0.25) is 4.79 Å². The molecule has 13 heavy (non-hydrogen) atoms. The van der Waals surface area contributed by atoms with Crippen molar-refractivity contribution in [1.82, 2.24) is 5.32 Å². The number of rotatable bonds is 4. The minimum absolute atomic E-state index is 0.235. The van der Waals surface area contributed by atoms with Gasteiger partial charge < -0.3 is 5.32 Å². The van der Waals surface area contributed by atoms with Gasteiger partial charge in [0.05, 0.1) is 0 Å². The Hall–Kier alpha value is -1.64. The molecule has 0 atom stereocenters. The van der Waals surface area contributed by atoms with Crippen molar-refractivity contribution in [3.8, 4) is 0 Å². The predicted molar refractivity (Wildman–Crippen MR) is 55.7 cm³/mol. The fraction of sp³-hybridized carbons (Fsp3) is 0.200. The van der Waals surface area contributed by atoms with Crippen LogP contribution in [0.2, 0.25) is 0 Å². The topological polar surface area (TPSA) is 41.5 Å². The van der Waals surface area contributed by atoms with E-state index in [-0.39, 0.29) is 5.91 Å². The zero-order valence-electron chi connectivity index (χ0n) is 8.00. The molecule has 0 fully saturated rings. The molecule has 0 aliphatic rings.